The number of rotatable bonds is 5. The van der Waals surface area contributed by atoms with E-state index in [4.69, 9.17) is 4.74 Å². The Morgan fingerprint density at radius 1 is 1.50 bits per heavy atom. The first-order valence-corrected chi connectivity index (χ1v) is 7.16. The summed E-state index contributed by atoms with van der Waals surface area (Å²) in [7, 11) is 3.85. The molecule has 1 saturated heterocycles. The third kappa shape index (κ3) is 4.20. The number of ether oxygens (including phenoxy) is 1. The first-order valence-electron chi connectivity index (χ1n) is 7.16. The Kier molecular flexibility index (Phi) is 5.35. The zero-order valence-electron chi connectivity index (χ0n) is 12.3. The van der Waals surface area contributed by atoms with E-state index in [-0.39, 0.29) is 5.91 Å². The Bertz CT molecular complexity index is 425. The van der Waals surface area contributed by atoms with Crippen molar-refractivity contribution >= 4 is 11.7 Å². The molecule has 0 aliphatic carbocycles. The van der Waals surface area contributed by atoms with Crippen molar-refractivity contribution in [1.82, 2.24) is 10.3 Å². The minimum Gasteiger partial charge on any atom is -0.381 e. The summed E-state index contributed by atoms with van der Waals surface area (Å²) in [6.07, 6.45) is 4.94. The van der Waals surface area contributed by atoms with Crippen LogP contribution < -0.4 is 10.2 Å². The van der Waals surface area contributed by atoms with E-state index >= 15 is 0 Å². The van der Waals surface area contributed by atoms with Gasteiger partial charge in [0, 0.05) is 40.1 Å². The molecule has 5 nitrogen and oxygen atoms in total. The summed E-state index contributed by atoms with van der Waals surface area (Å²) in [4.78, 5) is 18.1. The van der Waals surface area contributed by atoms with Crippen LogP contribution >= 0.6 is 0 Å². The highest BCUT2D eigenvalue weighted by Crippen LogP contribution is 2.16. The molecular weight excluding hydrogens is 254 g/mol. The van der Waals surface area contributed by atoms with Gasteiger partial charge < -0.3 is 15.0 Å². The molecule has 0 saturated carbocycles. The predicted octanol–water partition coefficient (Wildman–Crippen LogP) is 1.69. The van der Waals surface area contributed by atoms with Crippen LogP contribution in [0.15, 0.2) is 18.3 Å². The molecule has 1 atom stereocenters. The third-order valence-corrected chi connectivity index (χ3v) is 3.56. The van der Waals surface area contributed by atoms with Gasteiger partial charge in [-0.15, -0.1) is 0 Å². The lowest BCUT2D eigenvalue weighted by molar-refractivity contribution is 0.0514. The number of anilines is 1. The van der Waals surface area contributed by atoms with Crippen LogP contribution in [-0.4, -0.2) is 44.7 Å². The monoisotopic (exact) mass is 277 g/mol. The lowest BCUT2D eigenvalue weighted by Gasteiger charge is -2.21. The fourth-order valence-corrected chi connectivity index (χ4v) is 2.31. The predicted molar refractivity (Wildman–Crippen MR) is 79.1 cm³/mol. The van der Waals surface area contributed by atoms with Crippen LogP contribution in [-0.2, 0) is 4.74 Å². The minimum atomic E-state index is -0.0560. The minimum absolute atomic E-state index is 0.0560. The van der Waals surface area contributed by atoms with Crippen LogP contribution in [0.3, 0.4) is 0 Å². The second-order valence-corrected chi connectivity index (χ2v) is 5.43. The lowest BCUT2D eigenvalue weighted by atomic mass is 9.99. The van der Waals surface area contributed by atoms with Gasteiger partial charge >= 0.3 is 0 Å². The second-order valence-electron chi connectivity index (χ2n) is 5.43. The Labute approximate surface area is 120 Å². The van der Waals surface area contributed by atoms with Crippen LogP contribution in [0.5, 0.6) is 0 Å². The van der Waals surface area contributed by atoms with E-state index in [0.717, 1.165) is 31.9 Å². The number of nitrogens with zero attached hydrogens (tertiary/aromatic N) is 2. The van der Waals surface area contributed by atoms with Crippen molar-refractivity contribution in [3.8, 4) is 0 Å². The summed E-state index contributed by atoms with van der Waals surface area (Å²) in [5.41, 5.74) is 0.607. The van der Waals surface area contributed by atoms with Crippen molar-refractivity contribution in [2.45, 2.75) is 19.3 Å². The number of carbonyl (C=O) groups is 1. The standard InChI is InChI=1S/C15H23N3O2/c1-18(2)14-6-5-13(10-17-14)15(19)16-8-7-12-4-3-9-20-11-12/h5-6,10,12H,3-4,7-9,11H2,1-2H3,(H,16,19)/t12-/m1/s1. The van der Waals surface area contributed by atoms with E-state index in [2.05, 4.69) is 10.3 Å². The fraction of sp³-hybridized carbons (Fsp3) is 0.600. The van der Waals surface area contributed by atoms with E-state index in [1.807, 2.05) is 25.1 Å². The van der Waals surface area contributed by atoms with Crippen LogP contribution in [0.1, 0.15) is 29.6 Å². The molecule has 1 fully saturated rings. The van der Waals surface area contributed by atoms with Gasteiger partial charge in [0.1, 0.15) is 5.82 Å². The largest absolute Gasteiger partial charge is 0.381 e. The lowest BCUT2D eigenvalue weighted by Crippen LogP contribution is -2.28. The summed E-state index contributed by atoms with van der Waals surface area (Å²) in [6, 6.07) is 3.66. The number of hydrogen-bond acceptors (Lipinski definition) is 4. The zero-order valence-corrected chi connectivity index (χ0v) is 12.3. The highest BCUT2D eigenvalue weighted by molar-refractivity contribution is 5.94. The second kappa shape index (κ2) is 7.24. The van der Waals surface area contributed by atoms with Gasteiger partial charge in [-0.05, 0) is 37.3 Å². The molecule has 1 aliphatic rings. The summed E-state index contributed by atoms with van der Waals surface area (Å²) in [5.74, 6) is 1.37. The highest BCUT2D eigenvalue weighted by Gasteiger charge is 2.14. The first kappa shape index (κ1) is 14.8. The average molecular weight is 277 g/mol. The quantitative estimate of drug-likeness (QED) is 0.890. The molecular formula is C15H23N3O2. The van der Waals surface area contributed by atoms with Crippen LogP contribution in [0, 0.1) is 5.92 Å². The van der Waals surface area contributed by atoms with Crippen molar-refractivity contribution in [3.05, 3.63) is 23.9 Å². The molecule has 0 aromatic carbocycles. The number of carbonyl (C=O) groups excluding carboxylic acids is 1. The van der Waals surface area contributed by atoms with E-state index in [0.29, 0.717) is 18.0 Å². The Morgan fingerprint density at radius 2 is 2.35 bits per heavy atom. The first-order chi connectivity index (χ1) is 9.66. The van der Waals surface area contributed by atoms with Crippen LogP contribution in [0.25, 0.3) is 0 Å². The summed E-state index contributed by atoms with van der Waals surface area (Å²) in [5, 5.41) is 2.95. The number of aromatic nitrogens is 1. The van der Waals surface area contributed by atoms with Gasteiger partial charge in [0.15, 0.2) is 0 Å². The average Bonchev–Trinajstić information content (AvgIpc) is 2.48. The zero-order chi connectivity index (χ0) is 14.4. The fourth-order valence-electron chi connectivity index (χ4n) is 2.31. The van der Waals surface area contributed by atoms with Gasteiger partial charge in [-0.1, -0.05) is 0 Å². The van der Waals surface area contributed by atoms with E-state index in [9.17, 15) is 4.79 Å². The molecule has 2 rings (SSSR count). The Balaban J connectivity index is 1.76. The summed E-state index contributed by atoms with van der Waals surface area (Å²) >= 11 is 0. The highest BCUT2D eigenvalue weighted by atomic mass is 16.5. The Hall–Kier alpha value is -1.62. The normalized spacial score (nSPS) is 18.6. The molecule has 20 heavy (non-hydrogen) atoms. The smallest absolute Gasteiger partial charge is 0.252 e. The SMILES string of the molecule is CN(C)c1ccc(C(=O)NCC[C@H]2CCCOC2)cn1. The molecule has 0 spiro atoms. The maximum absolute atomic E-state index is 12.0. The molecule has 2 heterocycles. The number of nitrogens with one attached hydrogen (secondary N) is 1. The van der Waals surface area contributed by atoms with Crippen molar-refractivity contribution in [3.63, 3.8) is 0 Å². The van der Waals surface area contributed by atoms with Crippen molar-refractivity contribution in [2.75, 3.05) is 38.8 Å². The molecule has 1 N–H and O–H groups in total. The Morgan fingerprint density at radius 3 is 2.95 bits per heavy atom. The maximum Gasteiger partial charge on any atom is 0.252 e. The molecule has 1 aromatic rings. The number of pyridine rings is 1. The topological polar surface area (TPSA) is 54.5 Å². The molecule has 110 valence electrons. The number of hydrogen-bond donors (Lipinski definition) is 1. The molecule has 0 bridgehead atoms. The van der Waals surface area contributed by atoms with Crippen molar-refractivity contribution in [1.29, 1.82) is 0 Å². The van der Waals surface area contributed by atoms with E-state index < -0.39 is 0 Å². The van der Waals surface area contributed by atoms with Gasteiger partial charge in [0.2, 0.25) is 0 Å². The molecule has 5 heteroatoms. The van der Waals surface area contributed by atoms with Crippen molar-refractivity contribution in [2.24, 2.45) is 5.92 Å². The third-order valence-electron chi connectivity index (χ3n) is 3.56. The maximum atomic E-state index is 12.0. The van der Waals surface area contributed by atoms with Gasteiger partial charge in [0.05, 0.1) is 5.56 Å². The van der Waals surface area contributed by atoms with Gasteiger partial charge in [-0.3, -0.25) is 4.79 Å². The van der Waals surface area contributed by atoms with Crippen LogP contribution in [0.4, 0.5) is 5.82 Å². The van der Waals surface area contributed by atoms with Gasteiger partial charge in [-0.2, -0.15) is 0 Å². The molecule has 1 aliphatic heterocycles. The molecule has 1 aromatic heterocycles. The summed E-state index contributed by atoms with van der Waals surface area (Å²) < 4.78 is 5.43. The van der Waals surface area contributed by atoms with Gasteiger partial charge in [-0.25, -0.2) is 4.98 Å². The molecule has 0 radical (unpaired) electrons. The van der Waals surface area contributed by atoms with Crippen LogP contribution in [0.2, 0.25) is 0 Å². The van der Waals surface area contributed by atoms with Crippen molar-refractivity contribution < 1.29 is 9.53 Å². The van der Waals surface area contributed by atoms with E-state index in [1.165, 1.54) is 6.42 Å². The number of amides is 1. The molecule has 1 amide bonds. The van der Waals surface area contributed by atoms with E-state index in [1.54, 1.807) is 12.3 Å². The summed E-state index contributed by atoms with van der Waals surface area (Å²) in [6.45, 7) is 2.41. The molecule has 0 unspecified atom stereocenters. The van der Waals surface area contributed by atoms with Gasteiger partial charge in [0.25, 0.3) is 5.91 Å².